The third-order valence-electron chi connectivity index (χ3n) is 3.99. The number of ether oxygens (including phenoxy) is 1. The second-order valence-corrected chi connectivity index (χ2v) is 5.87. The maximum absolute atomic E-state index is 6.09. The number of aromatic nitrogens is 1. The number of rotatable bonds is 10. The average Bonchev–Trinajstić information content (AvgIpc) is 2.46. The van der Waals surface area contributed by atoms with Gasteiger partial charge in [-0.25, -0.2) is 4.98 Å². The fourth-order valence-corrected chi connectivity index (χ4v) is 2.51. The van der Waals surface area contributed by atoms with Crippen molar-refractivity contribution in [1.29, 1.82) is 0 Å². The van der Waals surface area contributed by atoms with Gasteiger partial charge in [0.15, 0.2) is 0 Å². The van der Waals surface area contributed by atoms with E-state index in [2.05, 4.69) is 44.1 Å². The Hall–Kier alpha value is -1.09. The van der Waals surface area contributed by atoms with Gasteiger partial charge in [0.25, 0.3) is 0 Å². The van der Waals surface area contributed by atoms with Crippen molar-refractivity contribution < 1.29 is 4.74 Å². The van der Waals surface area contributed by atoms with Crippen LogP contribution in [0.5, 0.6) is 5.88 Å². The highest BCUT2D eigenvalue weighted by Gasteiger charge is 2.13. The fourth-order valence-electron chi connectivity index (χ4n) is 2.51. The van der Waals surface area contributed by atoms with Crippen LogP contribution < -0.4 is 10.1 Å². The van der Waals surface area contributed by atoms with Gasteiger partial charge in [-0.3, -0.25) is 0 Å². The summed E-state index contributed by atoms with van der Waals surface area (Å²) in [4.78, 5) is 4.61. The van der Waals surface area contributed by atoms with E-state index < -0.39 is 0 Å². The van der Waals surface area contributed by atoms with Crippen LogP contribution in [0.25, 0.3) is 0 Å². The highest BCUT2D eigenvalue weighted by molar-refractivity contribution is 5.35. The van der Waals surface area contributed by atoms with Crippen LogP contribution in [0.3, 0.4) is 0 Å². The SMILES string of the molecule is CCCCC(CC)COc1nc(C)cc(C)c1CNCC. The first-order chi connectivity index (χ1) is 10.1. The van der Waals surface area contributed by atoms with Crippen LogP contribution in [0.15, 0.2) is 6.07 Å². The van der Waals surface area contributed by atoms with Gasteiger partial charge in [0.2, 0.25) is 5.88 Å². The molecule has 0 aliphatic rings. The molecule has 0 amide bonds. The van der Waals surface area contributed by atoms with Crippen molar-refractivity contribution in [3.63, 3.8) is 0 Å². The summed E-state index contributed by atoms with van der Waals surface area (Å²) in [5.41, 5.74) is 3.50. The van der Waals surface area contributed by atoms with E-state index in [0.29, 0.717) is 5.92 Å². The lowest BCUT2D eigenvalue weighted by atomic mass is 10.0. The van der Waals surface area contributed by atoms with Crippen molar-refractivity contribution in [2.45, 2.75) is 66.8 Å². The molecule has 0 fully saturated rings. The third-order valence-corrected chi connectivity index (χ3v) is 3.99. The minimum Gasteiger partial charge on any atom is -0.477 e. The predicted molar refractivity (Wildman–Crippen MR) is 89.9 cm³/mol. The van der Waals surface area contributed by atoms with Gasteiger partial charge in [-0.1, -0.05) is 40.0 Å². The first-order valence-electron chi connectivity index (χ1n) is 8.42. The summed E-state index contributed by atoms with van der Waals surface area (Å²) in [6.07, 6.45) is 4.96. The molecule has 3 nitrogen and oxygen atoms in total. The summed E-state index contributed by atoms with van der Waals surface area (Å²) in [7, 11) is 0. The Labute approximate surface area is 130 Å². The number of nitrogens with zero attached hydrogens (tertiary/aromatic N) is 1. The van der Waals surface area contributed by atoms with Gasteiger partial charge in [0.1, 0.15) is 0 Å². The molecule has 1 aromatic rings. The van der Waals surface area contributed by atoms with Crippen molar-refractivity contribution >= 4 is 0 Å². The number of pyridine rings is 1. The Balaban J connectivity index is 2.75. The normalized spacial score (nSPS) is 12.4. The Kier molecular flexibility index (Phi) is 8.36. The second-order valence-electron chi connectivity index (χ2n) is 5.87. The first-order valence-corrected chi connectivity index (χ1v) is 8.42. The number of unbranched alkanes of at least 4 members (excludes halogenated alkanes) is 1. The maximum atomic E-state index is 6.09. The van der Waals surface area contributed by atoms with Crippen molar-refractivity contribution in [1.82, 2.24) is 10.3 Å². The molecule has 1 heterocycles. The summed E-state index contributed by atoms with van der Waals surface area (Å²) < 4.78 is 6.09. The number of hydrogen-bond acceptors (Lipinski definition) is 3. The first kappa shape index (κ1) is 18.0. The minimum atomic E-state index is 0.638. The van der Waals surface area contributed by atoms with Crippen LogP contribution in [0.4, 0.5) is 0 Å². The van der Waals surface area contributed by atoms with Crippen molar-refractivity contribution in [3.05, 3.63) is 22.9 Å². The number of nitrogens with one attached hydrogen (secondary N) is 1. The molecule has 21 heavy (non-hydrogen) atoms. The van der Waals surface area contributed by atoms with E-state index in [0.717, 1.165) is 31.3 Å². The lowest BCUT2D eigenvalue weighted by Crippen LogP contribution is -2.17. The number of aryl methyl sites for hydroxylation is 2. The van der Waals surface area contributed by atoms with E-state index in [1.54, 1.807) is 0 Å². The zero-order valence-corrected chi connectivity index (χ0v) is 14.5. The van der Waals surface area contributed by atoms with Crippen LogP contribution in [-0.2, 0) is 6.54 Å². The van der Waals surface area contributed by atoms with E-state index in [4.69, 9.17) is 4.74 Å². The zero-order valence-electron chi connectivity index (χ0n) is 14.5. The summed E-state index contributed by atoms with van der Waals surface area (Å²) in [6, 6.07) is 2.13. The molecule has 0 bridgehead atoms. The van der Waals surface area contributed by atoms with E-state index in [-0.39, 0.29) is 0 Å². The quantitative estimate of drug-likeness (QED) is 0.694. The van der Waals surface area contributed by atoms with Crippen LogP contribution in [-0.4, -0.2) is 18.1 Å². The summed E-state index contributed by atoms with van der Waals surface area (Å²) >= 11 is 0. The highest BCUT2D eigenvalue weighted by atomic mass is 16.5. The van der Waals surface area contributed by atoms with Gasteiger partial charge in [-0.15, -0.1) is 0 Å². The second kappa shape index (κ2) is 9.78. The van der Waals surface area contributed by atoms with E-state index in [9.17, 15) is 0 Å². The van der Waals surface area contributed by atoms with Gasteiger partial charge in [-0.05, 0) is 44.4 Å². The third kappa shape index (κ3) is 6.04. The lowest BCUT2D eigenvalue weighted by molar-refractivity contribution is 0.223. The van der Waals surface area contributed by atoms with Crippen LogP contribution in [0.1, 0.15) is 63.3 Å². The molecular formula is C18H32N2O. The van der Waals surface area contributed by atoms with E-state index in [1.807, 2.05) is 6.92 Å². The monoisotopic (exact) mass is 292 g/mol. The fraction of sp³-hybridized carbons (Fsp3) is 0.722. The molecule has 1 unspecified atom stereocenters. The van der Waals surface area contributed by atoms with Gasteiger partial charge in [0.05, 0.1) is 6.61 Å². The molecule has 3 heteroatoms. The average molecular weight is 292 g/mol. The molecule has 0 radical (unpaired) electrons. The van der Waals surface area contributed by atoms with Gasteiger partial charge >= 0.3 is 0 Å². The van der Waals surface area contributed by atoms with Crippen LogP contribution >= 0.6 is 0 Å². The van der Waals surface area contributed by atoms with Crippen LogP contribution in [0, 0.1) is 19.8 Å². The molecule has 0 saturated heterocycles. The Morgan fingerprint density at radius 1 is 1.24 bits per heavy atom. The molecule has 0 aliphatic heterocycles. The summed E-state index contributed by atoms with van der Waals surface area (Å²) in [5, 5.41) is 3.38. The lowest BCUT2D eigenvalue weighted by Gasteiger charge is -2.18. The van der Waals surface area contributed by atoms with Gasteiger partial charge in [-0.2, -0.15) is 0 Å². The predicted octanol–water partition coefficient (Wildman–Crippen LogP) is 4.40. The molecule has 0 aliphatic carbocycles. The topological polar surface area (TPSA) is 34.1 Å². The Bertz CT molecular complexity index is 418. The van der Waals surface area contributed by atoms with Crippen LogP contribution in [0.2, 0.25) is 0 Å². The number of hydrogen-bond donors (Lipinski definition) is 1. The smallest absolute Gasteiger partial charge is 0.218 e. The van der Waals surface area contributed by atoms with E-state index >= 15 is 0 Å². The minimum absolute atomic E-state index is 0.638. The largest absolute Gasteiger partial charge is 0.477 e. The molecule has 1 aromatic heterocycles. The molecular weight excluding hydrogens is 260 g/mol. The summed E-state index contributed by atoms with van der Waals surface area (Å²) in [5.74, 6) is 1.46. The molecule has 1 rings (SSSR count). The standard InChI is InChI=1S/C18H32N2O/c1-6-9-10-16(7-2)13-21-18-17(12-19-8-3)14(4)11-15(5)20-18/h11,16,19H,6-10,12-13H2,1-5H3. The van der Waals surface area contributed by atoms with Gasteiger partial charge < -0.3 is 10.1 Å². The molecule has 1 N–H and O–H groups in total. The zero-order chi connectivity index (χ0) is 15.7. The molecule has 1 atom stereocenters. The summed E-state index contributed by atoms with van der Waals surface area (Å²) in [6.45, 7) is 13.4. The van der Waals surface area contributed by atoms with Crippen molar-refractivity contribution in [2.24, 2.45) is 5.92 Å². The molecule has 0 aromatic carbocycles. The maximum Gasteiger partial charge on any atom is 0.218 e. The molecule has 0 saturated carbocycles. The highest BCUT2D eigenvalue weighted by Crippen LogP contribution is 2.23. The van der Waals surface area contributed by atoms with Crippen molar-refractivity contribution in [3.8, 4) is 5.88 Å². The molecule has 0 spiro atoms. The Morgan fingerprint density at radius 2 is 2.00 bits per heavy atom. The molecule has 120 valence electrons. The Morgan fingerprint density at radius 3 is 2.62 bits per heavy atom. The van der Waals surface area contributed by atoms with E-state index in [1.165, 1.54) is 36.8 Å². The van der Waals surface area contributed by atoms with Gasteiger partial charge in [0, 0.05) is 17.8 Å². The van der Waals surface area contributed by atoms with Crippen molar-refractivity contribution in [2.75, 3.05) is 13.2 Å².